The number of aryl methyl sites for hydroxylation is 1. The van der Waals surface area contributed by atoms with Gasteiger partial charge in [0, 0.05) is 18.3 Å². The summed E-state index contributed by atoms with van der Waals surface area (Å²) in [4.78, 5) is 22.6. The van der Waals surface area contributed by atoms with E-state index >= 15 is 0 Å². The largest absolute Gasteiger partial charge is 0.340 e. The van der Waals surface area contributed by atoms with E-state index in [1.807, 2.05) is 0 Å². The maximum atomic E-state index is 11.6. The Balaban J connectivity index is 2.35. The van der Waals surface area contributed by atoms with Crippen molar-refractivity contribution in [2.75, 3.05) is 6.54 Å². The van der Waals surface area contributed by atoms with Gasteiger partial charge in [0.2, 0.25) is 0 Å². The Labute approximate surface area is 94.8 Å². The molecule has 0 aliphatic carbocycles. The van der Waals surface area contributed by atoms with Crippen LogP contribution in [-0.4, -0.2) is 22.4 Å². The lowest BCUT2D eigenvalue weighted by molar-refractivity contribution is 0.238. The summed E-state index contributed by atoms with van der Waals surface area (Å²) in [5, 5.41) is 5.21. The van der Waals surface area contributed by atoms with Gasteiger partial charge < -0.3 is 5.32 Å². The fraction of sp³-hybridized carbons (Fsp3) is 0.636. The van der Waals surface area contributed by atoms with Gasteiger partial charge in [-0.1, -0.05) is 26.2 Å². The normalized spacial score (nSPS) is 10.4. The van der Waals surface area contributed by atoms with E-state index in [2.05, 4.69) is 17.3 Å². The molecule has 5 heteroatoms. The molecule has 1 aromatic heterocycles. The number of aromatic nitrogens is 2. The molecule has 1 rings (SSSR count). The molecule has 0 saturated heterocycles. The molecule has 0 unspecified atom stereocenters. The van der Waals surface area contributed by atoms with Crippen LogP contribution < -0.4 is 10.9 Å². The van der Waals surface area contributed by atoms with Crippen LogP contribution in [0.2, 0.25) is 0 Å². The molecule has 0 saturated carbocycles. The van der Waals surface area contributed by atoms with Crippen molar-refractivity contribution in [1.82, 2.24) is 15.1 Å². The average Bonchev–Trinajstić information content (AvgIpc) is 2.57. The van der Waals surface area contributed by atoms with Crippen molar-refractivity contribution in [2.24, 2.45) is 0 Å². The first kappa shape index (κ1) is 12.5. The monoisotopic (exact) mass is 225 g/mol. The lowest BCUT2D eigenvalue weighted by Crippen LogP contribution is -2.31. The maximum Gasteiger partial charge on any atom is 0.340 e. The zero-order valence-corrected chi connectivity index (χ0v) is 9.88. The third-order valence-electron chi connectivity index (χ3n) is 2.42. The third-order valence-corrected chi connectivity index (χ3v) is 2.42. The molecule has 5 nitrogen and oxygen atoms in total. The number of H-pyrrole nitrogens is 1. The molecule has 1 heterocycles. The number of amides is 1. The smallest absolute Gasteiger partial charge is 0.336 e. The minimum Gasteiger partial charge on any atom is -0.336 e. The Morgan fingerprint density at radius 3 is 2.75 bits per heavy atom. The topological polar surface area (TPSA) is 66.9 Å². The Kier molecular flexibility index (Phi) is 4.82. The fourth-order valence-electron chi connectivity index (χ4n) is 1.52. The summed E-state index contributed by atoms with van der Waals surface area (Å²) >= 11 is 0. The van der Waals surface area contributed by atoms with Crippen LogP contribution in [0.25, 0.3) is 0 Å². The Morgan fingerprint density at radius 1 is 1.44 bits per heavy atom. The zero-order valence-electron chi connectivity index (χ0n) is 9.88. The first-order valence-electron chi connectivity index (χ1n) is 5.72. The van der Waals surface area contributed by atoms with Crippen molar-refractivity contribution in [3.63, 3.8) is 0 Å². The van der Waals surface area contributed by atoms with Gasteiger partial charge in [0.05, 0.1) is 0 Å². The van der Waals surface area contributed by atoms with Crippen molar-refractivity contribution >= 4 is 6.03 Å². The molecule has 0 spiro atoms. The second kappa shape index (κ2) is 6.15. The van der Waals surface area contributed by atoms with E-state index in [1.54, 1.807) is 6.92 Å². The molecule has 16 heavy (non-hydrogen) atoms. The van der Waals surface area contributed by atoms with Gasteiger partial charge in [-0.25, -0.2) is 9.48 Å². The van der Waals surface area contributed by atoms with E-state index in [0.717, 1.165) is 12.8 Å². The lowest BCUT2D eigenvalue weighted by Gasteiger charge is -2.06. The highest BCUT2D eigenvalue weighted by atomic mass is 16.2. The summed E-state index contributed by atoms with van der Waals surface area (Å²) in [5.41, 5.74) is 0.370. The van der Waals surface area contributed by atoms with E-state index in [4.69, 9.17) is 0 Å². The molecular weight excluding hydrogens is 206 g/mol. The number of nitrogens with one attached hydrogen (secondary N) is 2. The van der Waals surface area contributed by atoms with Crippen molar-refractivity contribution in [3.8, 4) is 0 Å². The molecule has 0 aliphatic rings. The van der Waals surface area contributed by atoms with Crippen LogP contribution in [0.3, 0.4) is 0 Å². The Morgan fingerprint density at radius 2 is 2.19 bits per heavy atom. The molecule has 0 fully saturated rings. The molecule has 90 valence electrons. The van der Waals surface area contributed by atoms with Gasteiger partial charge in [0.25, 0.3) is 5.56 Å². The summed E-state index contributed by atoms with van der Waals surface area (Å²) < 4.78 is 1.24. The maximum absolute atomic E-state index is 11.6. The van der Waals surface area contributed by atoms with E-state index in [9.17, 15) is 9.59 Å². The first-order valence-corrected chi connectivity index (χ1v) is 5.72. The highest BCUT2D eigenvalue weighted by Crippen LogP contribution is 1.97. The number of aromatic amines is 1. The third kappa shape index (κ3) is 3.56. The molecule has 0 atom stereocenters. The zero-order chi connectivity index (χ0) is 12.0. The molecule has 0 aliphatic heterocycles. The molecule has 0 radical (unpaired) electrons. The molecule has 0 bridgehead atoms. The van der Waals surface area contributed by atoms with Crippen LogP contribution in [0, 0.1) is 6.92 Å². The number of nitrogens with zero attached hydrogens (tertiary/aromatic N) is 1. The van der Waals surface area contributed by atoms with Crippen LogP contribution >= 0.6 is 0 Å². The quantitative estimate of drug-likeness (QED) is 0.748. The van der Waals surface area contributed by atoms with Crippen molar-refractivity contribution < 1.29 is 4.79 Å². The molecule has 0 aromatic carbocycles. The first-order chi connectivity index (χ1) is 7.65. The lowest BCUT2D eigenvalue weighted by atomic mass is 10.2. The van der Waals surface area contributed by atoms with E-state index in [0.29, 0.717) is 12.2 Å². The van der Waals surface area contributed by atoms with Crippen LogP contribution in [0.5, 0.6) is 0 Å². The molecule has 1 amide bonds. The van der Waals surface area contributed by atoms with Crippen LogP contribution in [0.1, 0.15) is 38.3 Å². The summed E-state index contributed by atoms with van der Waals surface area (Å²) in [6.45, 7) is 4.51. The highest BCUT2D eigenvalue weighted by molar-refractivity contribution is 5.76. The van der Waals surface area contributed by atoms with Crippen LogP contribution in [0.4, 0.5) is 4.79 Å². The molecule has 1 aromatic rings. The Hall–Kier alpha value is -1.52. The van der Waals surface area contributed by atoms with Gasteiger partial charge in [-0.2, -0.15) is 0 Å². The predicted octanol–water partition coefficient (Wildman–Crippen LogP) is 1.62. The summed E-state index contributed by atoms with van der Waals surface area (Å²) in [6, 6.07) is 1.13. The van der Waals surface area contributed by atoms with Gasteiger partial charge in [-0.3, -0.25) is 9.89 Å². The van der Waals surface area contributed by atoms with Gasteiger partial charge >= 0.3 is 6.03 Å². The minimum absolute atomic E-state index is 0.251. The van der Waals surface area contributed by atoms with Gasteiger partial charge in [-0.15, -0.1) is 0 Å². The minimum atomic E-state index is -0.268. The Bertz CT molecular complexity index is 392. The standard InChI is InChI=1S/C11H19N3O2/c1-3-4-5-6-7-12-11(16)14-9(2)8-10(15)13-14/h8H,3-7H2,1-2H3,(H,12,16)(H,13,15). The second-order valence-corrected chi connectivity index (χ2v) is 3.89. The molecular formula is C11H19N3O2. The summed E-state index contributed by atoms with van der Waals surface area (Å²) in [6.07, 6.45) is 4.47. The number of hydrogen-bond donors (Lipinski definition) is 2. The van der Waals surface area contributed by atoms with E-state index in [1.165, 1.54) is 23.6 Å². The molecule has 2 N–H and O–H groups in total. The summed E-state index contributed by atoms with van der Waals surface area (Å²) in [7, 11) is 0. The van der Waals surface area contributed by atoms with Crippen molar-refractivity contribution in [2.45, 2.75) is 39.5 Å². The SMILES string of the molecule is CCCCCCNC(=O)n1[nH]c(=O)cc1C. The number of hydrogen-bond acceptors (Lipinski definition) is 2. The number of unbranched alkanes of at least 4 members (excludes halogenated alkanes) is 3. The van der Waals surface area contributed by atoms with Gasteiger partial charge in [0.1, 0.15) is 0 Å². The average molecular weight is 225 g/mol. The van der Waals surface area contributed by atoms with Crippen LogP contribution in [-0.2, 0) is 0 Å². The van der Waals surface area contributed by atoms with E-state index < -0.39 is 0 Å². The van der Waals surface area contributed by atoms with Gasteiger partial charge in [-0.05, 0) is 13.3 Å². The van der Waals surface area contributed by atoms with Gasteiger partial charge in [0.15, 0.2) is 0 Å². The van der Waals surface area contributed by atoms with Crippen LogP contribution in [0.15, 0.2) is 10.9 Å². The number of carbonyl (C=O) groups is 1. The van der Waals surface area contributed by atoms with E-state index in [-0.39, 0.29) is 11.6 Å². The second-order valence-electron chi connectivity index (χ2n) is 3.89. The summed E-state index contributed by atoms with van der Waals surface area (Å²) in [5.74, 6) is 0. The predicted molar refractivity (Wildman–Crippen MR) is 62.7 cm³/mol. The number of carbonyl (C=O) groups excluding carboxylic acids is 1. The highest BCUT2D eigenvalue weighted by Gasteiger charge is 2.07. The fourth-order valence-corrected chi connectivity index (χ4v) is 1.52. The van der Waals surface area contributed by atoms with Crippen molar-refractivity contribution in [1.29, 1.82) is 0 Å². The number of rotatable bonds is 5. The van der Waals surface area contributed by atoms with Crippen molar-refractivity contribution in [3.05, 3.63) is 22.1 Å².